The van der Waals surface area contributed by atoms with Crippen LogP contribution in [0.4, 0.5) is 0 Å². The maximum absolute atomic E-state index is 11.3. The minimum atomic E-state index is -0.550. The lowest BCUT2D eigenvalue weighted by Gasteiger charge is -1.96. The summed E-state index contributed by atoms with van der Waals surface area (Å²) in [4.78, 5) is 35.2. The van der Waals surface area contributed by atoms with Gasteiger partial charge in [-0.05, 0) is 0 Å². The number of nitrogens with two attached hydrogens (primary N) is 1. The molecule has 0 fully saturated rings. The number of aromatic nitrogens is 2. The van der Waals surface area contributed by atoms with E-state index in [1.165, 1.54) is 17.8 Å². The summed E-state index contributed by atoms with van der Waals surface area (Å²) >= 11 is 0. The van der Waals surface area contributed by atoms with Crippen LogP contribution in [0.3, 0.4) is 0 Å². The van der Waals surface area contributed by atoms with Gasteiger partial charge in [0.1, 0.15) is 5.56 Å². The Kier molecular flexibility index (Phi) is 12.7. The van der Waals surface area contributed by atoms with Gasteiger partial charge in [0.05, 0.1) is 13.1 Å². The first-order valence-corrected chi connectivity index (χ1v) is 6.80. The molecule has 0 unspecified atom stereocenters. The summed E-state index contributed by atoms with van der Waals surface area (Å²) < 4.78 is 1.21. The molecule has 0 aliphatic rings. The summed E-state index contributed by atoms with van der Waals surface area (Å²) in [5.41, 5.74) is 4.18. The van der Waals surface area contributed by atoms with Gasteiger partial charge in [-0.25, -0.2) is 4.79 Å². The molecular weight excluding hydrogens is 272 g/mol. The van der Waals surface area contributed by atoms with Crippen LogP contribution in [-0.2, 0) is 11.8 Å². The minimum absolute atomic E-state index is 0.0955. The number of aromatic amines is 1. The van der Waals surface area contributed by atoms with Crippen LogP contribution >= 0.6 is 0 Å². The molecule has 4 N–H and O–H groups in total. The van der Waals surface area contributed by atoms with E-state index >= 15 is 0 Å². The molecule has 7 heteroatoms. The Labute approximate surface area is 124 Å². The lowest BCUT2D eigenvalue weighted by atomic mass is 10.3. The number of nitrogens with one attached hydrogen (secondary N) is 2. The molecule has 21 heavy (non-hydrogen) atoms. The summed E-state index contributed by atoms with van der Waals surface area (Å²) in [6, 6.07) is 0. The van der Waals surface area contributed by atoms with Crippen molar-refractivity contribution in [3.63, 3.8) is 0 Å². The molecule has 1 aromatic heterocycles. The van der Waals surface area contributed by atoms with E-state index in [1.54, 1.807) is 0 Å². The Morgan fingerprint density at radius 3 is 2.43 bits per heavy atom. The fourth-order valence-corrected chi connectivity index (χ4v) is 1.01. The zero-order chi connectivity index (χ0) is 16.8. The Morgan fingerprint density at radius 1 is 1.33 bits per heavy atom. The van der Waals surface area contributed by atoms with Gasteiger partial charge in [-0.1, -0.05) is 39.5 Å². The van der Waals surface area contributed by atoms with Gasteiger partial charge in [-0.2, -0.15) is 0 Å². The smallest absolute Gasteiger partial charge is 0.328 e. The van der Waals surface area contributed by atoms with Gasteiger partial charge < -0.3 is 15.6 Å². The van der Waals surface area contributed by atoms with Crippen LogP contribution < -0.4 is 22.3 Å². The molecule has 0 saturated carbocycles. The van der Waals surface area contributed by atoms with E-state index in [9.17, 15) is 14.4 Å². The normalized spacial score (nSPS) is 8.10. The van der Waals surface area contributed by atoms with Crippen molar-refractivity contribution in [2.45, 2.75) is 27.7 Å². The quantitative estimate of drug-likeness (QED) is 0.642. The van der Waals surface area contributed by atoms with E-state index in [0.717, 1.165) is 0 Å². The predicted octanol–water partition coefficient (Wildman–Crippen LogP) is -0.448. The zero-order valence-electron chi connectivity index (χ0n) is 13.2. The first kappa shape index (κ1) is 21.0. The van der Waals surface area contributed by atoms with Crippen molar-refractivity contribution in [3.05, 3.63) is 32.6 Å². The maximum Gasteiger partial charge on any atom is 0.328 e. The van der Waals surface area contributed by atoms with E-state index in [1.807, 2.05) is 27.7 Å². The fraction of sp³-hybridized carbons (Fsp3) is 0.500. The summed E-state index contributed by atoms with van der Waals surface area (Å²) in [6.07, 6.45) is 1.33. The van der Waals surface area contributed by atoms with Gasteiger partial charge in [0.15, 0.2) is 0 Å². The van der Waals surface area contributed by atoms with Crippen molar-refractivity contribution < 1.29 is 4.79 Å². The fourth-order valence-electron chi connectivity index (χ4n) is 1.01. The van der Waals surface area contributed by atoms with E-state index < -0.39 is 11.2 Å². The lowest BCUT2D eigenvalue weighted by Crippen LogP contribution is -2.30. The zero-order valence-corrected chi connectivity index (χ0v) is 13.2. The number of H-pyrrole nitrogens is 1. The number of hydrogen-bond acceptors (Lipinski definition) is 4. The van der Waals surface area contributed by atoms with Gasteiger partial charge in [-0.15, -0.1) is 0 Å². The molecule has 0 bridgehead atoms. The molecule has 1 aromatic rings. The Morgan fingerprint density at radius 2 is 1.90 bits per heavy atom. The van der Waals surface area contributed by atoms with E-state index in [2.05, 4.69) is 22.1 Å². The topological polar surface area (TPSA) is 110 Å². The van der Waals surface area contributed by atoms with Gasteiger partial charge >= 0.3 is 5.69 Å². The second kappa shape index (κ2) is 12.7. The van der Waals surface area contributed by atoms with Crippen molar-refractivity contribution in [1.82, 2.24) is 14.9 Å². The third kappa shape index (κ3) is 8.44. The third-order valence-corrected chi connectivity index (χ3v) is 1.89. The summed E-state index contributed by atoms with van der Waals surface area (Å²) in [7, 11) is 1.50. The second-order valence-corrected chi connectivity index (χ2v) is 3.20. The molecule has 0 aliphatic heterocycles. The molecule has 0 aromatic carbocycles. The van der Waals surface area contributed by atoms with Crippen LogP contribution in [0, 0.1) is 11.8 Å². The standard InChI is InChI=1S/C10H12N4O3.2C2H6/c1-14-6-7(9(16)13-10(14)17)3-2-4-12-8(15)5-11;2*1-2/h6H,4-5,11H2,1H3,(H,12,15)(H,13,16,17);2*1-2H3. The number of amides is 1. The number of nitrogens with zero attached hydrogens (tertiary/aromatic N) is 1. The van der Waals surface area contributed by atoms with Gasteiger partial charge in [0.25, 0.3) is 5.56 Å². The second-order valence-electron chi connectivity index (χ2n) is 3.20. The van der Waals surface area contributed by atoms with Gasteiger partial charge in [0.2, 0.25) is 5.91 Å². The lowest BCUT2D eigenvalue weighted by molar-refractivity contribution is -0.119. The first-order valence-electron chi connectivity index (χ1n) is 6.80. The van der Waals surface area contributed by atoms with Gasteiger partial charge in [0, 0.05) is 13.2 Å². The molecule has 118 valence electrons. The van der Waals surface area contributed by atoms with Gasteiger partial charge in [-0.3, -0.25) is 14.6 Å². The number of rotatable bonds is 2. The molecule has 1 heterocycles. The first-order chi connectivity index (χ1) is 10.0. The highest BCUT2D eigenvalue weighted by atomic mass is 16.2. The molecule has 7 nitrogen and oxygen atoms in total. The summed E-state index contributed by atoms with van der Waals surface area (Å²) in [6.45, 7) is 7.99. The van der Waals surface area contributed by atoms with E-state index in [-0.39, 0.29) is 24.6 Å². The van der Waals surface area contributed by atoms with Crippen molar-refractivity contribution in [2.75, 3.05) is 13.1 Å². The van der Waals surface area contributed by atoms with Crippen molar-refractivity contribution in [1.29, 1.82) is 0 Å². The highest BCUT2D eigenvalue weighted by Gasteiger charge is 1.98. The molecule has 0 saturated heterocycles. The molecule has 0 spiro atoms. The highest BCUT2D eigenvalue weighted by Crippen LogP contribution is 1.81. The maximum atomic E-state index is 11.3. The number of carbonyl (C=O) groups excluding carboxylic acids is 1. The highest BCUT2D eigenvalue weighted by molar-refractivity contribution is 5.77. The monoisotopic (exact) mass is 296 g/mol. The molecular formula is C14H24N4O3. The Balaban J connectivity index is 0. The average molecular weight is 296 g/mol. The molecule has 0 aliphatic carbocycles. The molecule has 1 amide bonds. The van der Waals surface area contributed by atoms with Crippen molar-refractivity contribution in [3.8, 4) is 11.8 Å². The minimum Gasteiger partial charge on any atom is -0.344 e. The Hall–Kier alpha value is -2.33. The number of aryl methyl sites for hydroxylation is 1. The number of hydrogen-bond donors (Lipinski definition) is 3. The van der Waals surface area contributed by atoms with Crippen LogP contribution in [0.25, 0.3) is 0 Å². The van der Waals surface area contributed by atoms with E-state index in [0.29, 0.717) is 0 Å². The molecule has 0 atom stereocenters. The van der Waals surface area contributed by atoms with Crippen LogP contribution in [0.1, 0.15) is 33.3 Å². The third-order valence-electron chi connectivity index (χ3n) is 1.89. The Bertz CT molecular complexity index is 591. The average Bonchev–Trinajstić information content (AvgIpc) is 2.52. The van der Waals surface area contributed by atoms with Crippen LogP contribution in [0.5, 0.6) is 0 Å². The SMILES string of the molecule is CC.CC.Cn1cc(C#CCNC(=O)CN)c(=O)[nH]c1=O. The van der Waals surface area contributed by atoms with Crippen LogP contribution in [-0.4, -0.2) is 28.5 Å². The van der Waals surface area contributed by atoms with Crippen LogP contribution in [0.15, 0.2) is 15.8 Å². The van der Waals surface area contributed by atoms with E-state index in [4.69, 9.17) is 5.73 Å². The molecule has 0 radical (unpaired) electrons. The summed E-state index contributed by atoms with van der Waals surface area (Å²) in [5, 5.41) is 2.43. The van der Waals surface area contributed by atoms with Crippen molar-refractivity contribution >= 4 is 5.91 Å². The van der Waals surface area contributed by atoms with Crippen LogP contribution in [0.2, 0.25) is 0 Å². The summed E-state index contributed by atoms with van der Waals surface area (Å²) in [5.74, 6) is 4.81. The molecule has 1 rings (SSSR count). The largest absolute Gasteiger partial charge is 0.344 e. The predicted molar refractivity (Wildman–Crippen MR) is 83.9 cm³/mol. The van der Waals surface area contributed by atoms with Crippen molar-refractivity contribution in [2.24, 2.45) is 12.8 Å². The number of carbonyl (C=O) groups is 1.